The zero-order valence-electron chi connectivity index (χ0n) is 20.0. The molecule has 0 aromatic carbocycles. The molecule has 2 aromatic rings. The lowest BCUT2D eigenvalue weighted by Crippen LogP contribution is -2.32. The molecule has 0 bridgehead atoms. The molecule has 2 aliphatic heterocycles. The van der Waals surface area contributed by atoms with E-state index in [1.807, 2.05) is 6.92 Å². The summed E-state index contributed by atoms with van der Waals surface area (Å²) in [5, 5.41) is 15.6. The molecular weight excluding hydrogens is 445 g/mol. The van der Waals surface area contributed by atoms with Gasteiger partial charge >= 0.3 is 6.18 Å². The molecule has 10 heteroatoms. The summed E-state index contributed by atoms with van der Waals surface area (Å²) in [6.07, 6.45) is -0.523. The number of ether oxygens (including phenoxy) is 1. The van der Waals surface area contributed by atoms with Crippen molar-refractivity contribution in [3.8, 4) is 11.3 Å². The SMILES string of the molecule is Cc1nn(C)c(C)c1-c1cc(C(F)(F)F)c(N[C@H]2C[C@@H]3CN(CC4CCOCC4)C[C@@H]3C2)nn1. The van der Waals surface area contributed by atoms with E-state index >= 15 is 0 Å². The molecule has 0 spiro atoms. The van der Waals surface area contributed by atoms with E-state index in [0.29, 0.717) is 29.0 Å². The number of anilines is 1. The van der Waals surface area contributed by atoms with E-state index < -0.39 is 11.7 Å². The average molecular weight is 479 g/mol. The van der Waals surface area contributed by atoms with Gasteiger partial charge in [-0.2, -0.15) is 18.3 Å². The van der Waals surface area contributed by atoms with Gasteiger partial charge in [0.1, 0.15) is 5.56 Å². The van der Waals surface area contributed by atoms with E-state index in [4.69, 9.17) is 4.74 Å². The minimum absolute atomic E-state index is 0.0108. The van der Waals surface area contributed by atoms with E-state index in [9.17, 15) is 13.2 Å². The highest BCUT2D eigenvalue weighted by Crippen LogP contribution is 2.42. The predicted octanol–water partition coefficient (Wildman–Crippen LogP) is 4.06. The van der Waals surface area contributed by atoms with Crippen LogP contribution in [0.2, 0.25) is 0 Å². The van der Waals surface area contributed by atoms with Crippen molar-refractivity contribution in [2.75, 3.05) is 38.2 Å². The molecule has 0 unspecified atom stereocenters. The van der Waals surface area contributed by atoms with Crippen LogP contribution < -0.4 is 5.32 Å². The second-order valence-corrected chi connectivity index (χ2v) is 10.3. The predicted molar refractivity (Wildman–Crippen MR) is 122 cm³/mol. The summed E-state index contributed by atoms with van der Waals surface area (Å²) in [4.78, 5) is 2.55. The summed E-state index contributed by atoms with van der Waals surface area (Å²) in [7, 11) is 1.77. The Bertz CT molecular complexity index is 1020. The molecular formula is C24H33F3N6O. The van der Waals surface area contributed by atoms with Crippen molar-refractivity contribution >= 4 is 5.82 Å². The van der Waals surface area contributed by atoms with E-state index in [1.54, 1.807) is 18.7 Å². The molecule has 3 aliphatic rings. The van der Waals surface area contributed by atoms with Gasteiger partial charge in [-0.05, 0) is 63.4 Å². The Morgan fingerprint density at radius 2 is 1.76 bits per heavy atom. The maximum Gasteiger partial charge on any atom is 0.420 e. The Kier molecular flexibility index (Phi) is 6.31. The maximum atomic E-state index is 14.0. The molecule has 1 N–H and O–H groups in total. The van der Waals surface area contributed by atoms with E-state index in [-0.39, 0.29) is 17.6 Å². The second kappa shape index (κ2) is 9.11. The third-order valence-corrected chi connectivity index (χ3v) is 7.89. The van der Waals surface area contributed by atoms with Crippen molar-refractivity contribution in [3.05, 3.63) is 23.0 Å². The normalized spacial score (nSPS) is 26.2. The molecule has 1 aliphatic carbocycles. The number of likely N-dealkylation sites (tertiary alicyclic amines) is 1. The van der Waals surface area contributed by atoms with Gasteiger partial charge < -0.3 is 15.0 Å². The van der Waals surface area contributed by atoms with Crippen molar-refractivity contribution < 1.29 is 17.9 Å². The van der Waals surface area contributed by atoms with E-state index in [0.717, 1.165) is 70.3 Å². The van der Waals surface area contributed by atoms with Crippen LogP contribution in [0.25, 0.3) is 11.3 Å². The van der Waals surface area contributed by atoms with E-state index in [2.05, 4.69) is 25.5 Å². The molecule has 2 saturated heterocycles. The molecule has 3 fully saturated rings. The van der Waals surface area contributed by atoms with Gasteiger partial charge in [0.25, 0.3) is 0 Å². The lowest BCUT2D eigenvalue weighted by Gasteiger charge is -2.28. The second-order valence-electron chi connectivity index (χ2n) is 10.3. The van der Waals surface area contributed by atoms with Gasteiger partial charge in [0.15, 0.2) is 5.82 Å². The van der Waals surface area contributed by atoms with E-state index in [1.165, 1.54) is 0 Å². The maximum absolute atomic E-state index is 14.0. The molecule has 34 heavy (non-hydrogen) atoms. The monoisotopic (exact) mass is 478 g/mol. The van der Waals surface area contributed by atoms with Crippen LogP contribution in [0.15, 0.2) is 6.07 Å². The molecule has 5 rings (SSSR count). The van der Waals surface area contributed by atoms with Crippen LogP contribution in [-0.2, 0) is 18.0 Å². The standard InChI is InChI=1S/C24H33F3N6O/c1-14-22(15(2)32(3)31-14)21-10-20(24(25,26)27)23(30-29-21)28-19-8-17-12-33(13-18(17)9-19)11-16-4-6-34-7-5-16/h10,16-19H,4-9,11-13H2,1-3H3,(H,28,30)/t17-,18+,19+. The van der Waals surface area contributed by atoms with Gasteiger partial charge in [-0.3, -0.25) is 4.68 Å². The van der Waals surface area contributed by atoms with Gasteiger partial charge in [-0.25, -0.2) is 0 Å². The number of rotatable bonds is 5. The number of aryl methyl sites for hydroxylation is 2. The molecule has 186 valence electrons. The first-order valence-corrected chi connectivity index (χ1v) is 12.2. The van der Waals surface area contributed by atoms with Crippen molar-refractivity contribution in [1.29, 1.82) is 0 Å². The Morgan fingerprint density at radius 3 is 2.35 bits per heavy atom. The van der Waals surface area contributed by atoms with Crippen molar-refractivity contribution in [2.24, 2.45) is 24.8 Å². The third kappa shape index (κ3) is 4.66. The van der Waals surface area contributed by atoms with Gasteiger partial charge in [-0.1, -0.05) is 0 Å². The lowest BCUT2D eigenvalue weighted by molar-refractivity contribution is -0.137. The highest BCUT2D eigenvalue weighted by atomic mass is 19.4. The van der Waals surface area contributed by atoms with Gasteiger partial charge in [0.05, 0.1) is 11.4 Å². The summed E-state index contributed by atoms with van der Waals surface area (Å²) in [5.41, 5.74) is 1.44. The quantitative estimate of drug-likeness (QED) is 0.699. The number of halogens is 3. The van der Waals surface area contributed by atoms with Crippen LogP contribution in [0.1, 0.15) is 42.6 Å². The zero-order chi connectivity index (χ0) is 24.0. The first-order chi connectivity index (χ1) is 16.2. The minimum Gasteiger partial charge on any atom is -0.381 e. The average Bonchev–Trinajstić information content (AvgIpc) is 3.39. The van der Waals surface area contributed by atoms with Gasteiger partial charge in [-0.15, -0.1) is 10.2 Å². The summed E-state index contributed by atoms with van der Waals surface area (Å²) >= 11 is 0. The van der Waals surface area contributed by atoms with Gasteiger partial charge in [0.2, 0.25) is 0 Å². The zero-order valence-corrected chi connectivity index (χ0v) is 20.0. The Morgan fingerprint density at radius 1 is 1.09 bits per heavy atom. The number of hydrogen-bond donors (Lipinski definition) is 1. The molecule has 2 aromatic heterocycles. The third-order valence-electron chi connectivity index (χ3n) is 7.89. The molecule has 7 nitrogen and oxygen atoms in total. The molecule has 0 amide bonds. The largest absolute Gasteiger partial charge is 0.420 e. The van der Waals surface area contributed by atoms with Crippen molar-refractivity contribution in [3.63, 3.8) is 0 Å². The van der Waals surface area contributed by atoms with Crippen molar-refractivity contribution in [2.45, 2.75) is 51.7 Å². The summed E-state index contributed by atoms with van der Waals surface area (Å²) in [6, 6.07) is 1.10. The first-order valence-electron chi connectivity index (χ1n) is 12.2. The summed E-state index contributed by atoms with van der Waals surface area (Å²) < 4.78 is 49.1. The van der Waals surface area contributed by atoms with Crippen molar-refractivity contribution in [1.82, 2.24) is 24.9 Å². The Labute approximate surface area is 198 Å². The fraction of sp³-hybridized carbons (Fsp3) is 0.708. The first kappa shape index (κ1) is 23.5. The van der Waals surface area contributed by atoms with Crippen LogP contribution >= 0.6 is 0 Å². The van der Waals surface area contributed by atoms with Crippen LogP contribution in [0.4, 0.5) is 19.0 Å². The number of nitrogens with zero attached hydrogens (tertiary/aromatic N) is 5. The Hall–Kier alpha value is -2.20. The fourth-order valence-electron chi connectivity index (χ4n) is 6.13. The molecule has 4 heterocycles. The lowest BCUT2D eigenvalue weighted by atomic mass is 10.00. The number of nitrogens with one attached hydrogen (secondary N) is 1. The molecule has 0 radical (unpaired) electrons. The smallest absolute Gasteiger partial charge is 0.381 e. The van der Waals surface area contributed by atoms with Crippen LogP contribution in [0, 0.1) is 31.6 Å². The highest BCUT2D eigenvalue weighted by Gasteiger charge is 2.43. The van der Waals surface area contributed by atoms with Crippen LogP contribution in [0.3, 0.4) is 0 Å². The number of alkyl halides is 3. The summed E-state index contributed by atoms with van der Waals surface area (Å²) in [6.45, 7) is 8.50. The fourth-order valence-corrected chi connectivity index (χ4v) is 6.13. The number of hydrogen-bond acceptors (Lipinski definition) is 6. The minimum atomic E-state index is -4.52. The molecule has 3 atom stereocenters. The number of fused-ring (bicyclic) bond motifs is 1. The topological polar surface area (TPSA) is 68.1 Å². The Balaban J connectivity index is 1.27. The number of aromatic nitrogens is 4. The van der Waals surface area contributed by atoms with Gasteiger partial charge in [0, 0.05) is 57.2 Å². The summed E-state index contributed by atoms with van der Waals surface area (Å²) in [5.74, 6) is 1.59. The van der Waals surface area contributed by atoms with Crippen LogP contribution in [-0.4, -0.2) is 63.8 Å². The highest BCUT2D eigenvalue weighted by molar-refractivity contribution is 5.67. The molecule has 1 saturated carbocycles. The van der Waals surface area contributed by atoms with Crippen LogP contribution in [0.5, 0.6) is 0 Å².